The summed E-state index contributed by atoms with van der Waals surface area (Å²) in [5.41, 5.74) is 0.333. The molecule has 2 rings (SSSR count). The molecule has 1 heterocycles. The number of rotatable bonds is 4. The van der Waals surface area contributed by atoms with Crippen molar-refractivity contribution in [1.82, 2.24) is 4.90 Å². The zero-order valence-corrected chi connectivity index (χ0v) is 14.0. The quantitative estimate of drug-likeness (QED) is 0.476. The number of nitro groups is 1. The second-order valence-corrected chi connectivity index (χ2v) is 5.75. The molecule has 1 aromatic carbocycles. The number of methoxy groups -OCH3 is 1. The third-order valence-electron chi connectivity index (χ3n) is 4.04. The highest BCUT2D eigenvalue weighted by molar-refractivity contribution is 6.34. The Morgan fingerprint density at radius 2 is 2.09 bits per heavy atom. The van der Waals surface area contributed by atoms with Gasteiger partial charge in [0, 0.05) is 25.7 Å². The molecule has 0 aromatic heterocycles. The molecule has 126 valence electrons. The van der Waals surface area contributed by atoms with Crippen LogP contribution >= 0.6 is 11.6 Å². The molecule has 0 atom stereocenters. The molecule has 0 saturated carbocycles. The molecule has 1 aromatic rings. The van der Waals surface area contributed by atoms with Crippen molar-refractivity contribution >= 4 is 28.9 Å². The van der Waals surface area contributed by atoms with E-state index in [2.05, 4.69) is 16.6 Å². The van der Waals surface area contributed by atoms with Crippen molar-refractivity contribution in [3.63, 3.8) is 0 Å². The monoisotopic (exact) mass is 341 g/mol. The van der Waals surface area contributed by atoms with Crippen LogP contribution in [0.1, 0.15) is 23.7 Å². The fourth-order valence-corrected chi connectivity index (χ4v) is 2.98. The zero-order chi connectivity index (χ0) is 17.0. The second-order valence-electron chi connectivity index (χ2n) is 5.34. The molecule has 8 heteroatoms. The Morgan fingerprint density at radius 3 is 2.70 bits per heavy atom. The maximum atomic E-state index is 11.7. The first-order valence-electron chi connectivity index (χ1n) is 7.51. The molecular formula is C15H20ClN3O4. The standard InChI is InChI=1S/C15H20ClN3O4/c1-3-17-5-4-6-18(8-7-17)13-10-12(16)11(15(20)23-2)9-14(13)19(21)22/h9-10H,3-8H2,1-2H3. The Balaban J connectivity index is 2.39. The summed E-state index contributed by atoms with van der Waals surface area (Å²) in [6.45, 7) is 6.25. The van der Waals surface area contributed by atoms with E-state index >= 15 is 0 Å². The summed E-state index contributed by atoms with van der Waals surface area (Å²) in [7, 11) is 1.21. The normalized spacial score (nSPS) is 16.0. The Bertz CT molecular complexity index is 609. The Hall–Kier alpha value is -1.86. The van der Waals surface area contributed by atoms with Gasteiger partial charge in [0.15, 0.2) is 0 Å². The third-order valence-corrected chi connectivity index (χ3v) is 4.36. The molecule has 1 aliphatic heterocycles. The fraction of sp³-hybridized carbons (Fsp3) is 0.533. The van der Waals surface area contributed by atoms with E-state index in [1.165, 1.54) is 19.2 Å². The number of anilines is 1. The number of carbonyl (C=O) groups is 1. The third kappa shape index (κ3) is 3.92. The number of esters is 1. The lowest BCUT2D eigenvalue weighted by Crippen LogP contribution is -2.31. The van der Waals surface area contributed by atoms with Crippen molar-refractivity contribution in [3.05, 3.63) is 32.8 Å². The summed E-state index contributed by atoms with van der Waals surface area (Å²) in [5.74, 6) is -0.683. The molecule has 0 N–H and O–H groups in total. The van der Waals surface area contributed by atoms with Gasteiger partial charge >= 0.3 is 5.97 Å². The van der Waals surface area contributed by atoms with Crippen LogP contribution in [0.5, 0.6) is 0 Å². The van der Waals surface area contributed by atoms with E-state index in [0.29, 0.717) is 18.8 Å². The van der Waals surface area contributed by atoms with Crippen molar-refractivity contribution in [2.45, 2.75) is 13.3 Å². The van der Waals surface area contributed by atoms with E-state index in [1.807, 2.05) is 4.90 Å². The lowest BCUT2D eigenvalue weighted by Gasteiger charge is -2.23. The van der Waals surface area contributed by atoms with E-state index < -0.39 is 10.9 Å². The van der Waals surface area contributed by atoms with Crippen LogP contribution in [0.2, 0.25) is 5.02 Å². The van der Waals surface area contributed by atoms with Crippen LogP contribution in [0.4, 0.5) is 11.4 Å². The molecule has 0 amide bonds. The van der Waals surface area contributed by atoms with Gasteiger partial charge in [0.1, 0.15) is 5.69 Å². The van der Waals surface area contributed by atoms with Gasteiger partial charge in [-0.05, 0) is 25.6 Å². The summed E-state index contributed by atoms with van der Waals surface area (Å²) in [4.78, 5) is 26.9. The SMILES string of the molecule is CCN1CCCN(c2cc(Cl)c(C(=O)OC)cc2[N+](=O)[O-])CC1. The number of hydrogen-bond acceptors (Lipinski definition) is 6. The first kappa shape index (κ1) is 17.5. The van der Waals surface area contributed by atoms with E-state index in [0.717, 1.165) is 26.1 Å². The highest BCUT2D eigenvalue weighted by Gasteiger charge is 2.26. The number of halogens is 1. The lowest BCUT2D eigenvalue weighted by molar-refractivity contribution is -0.384. The van der Waals surface area contributed by atoms with Crippen LogP contribution in [0.3, 0.4) is 0 Å². The molecule has 1 fully saturated rings. The maximum absolute atomic E-state index is 11.7. The first-order chi connectivity index (χ1) is 11.0. The van der Waals surface area contributed by atoms with Crippen molar-refractivity contribution in [2.24, 2.45) is 0 Å². The van der Waals surface area contributed by atoms with Gasteiger partial charge in [-0.25, -0.2) is 4.79 Å². The van der Waals surface area contributed by atoms with Crippen LogP contribution in [-0.4, -0.2) is 55.6 Å². The van der Waals surface area contributed by atoms with Gasteiger partial charge in [0.05, 0.1) is 22.6 Å². The van der Waals surface area contributed by atoms with Gasteiger partial charge in [-0.3, -0.25) is 10.1 Å². The molecule has 0 bridgehead atoms. The zero-order valence-electron chi connectivity index (χ0n) is 13.2. The molecule has 1 saturated heterocycles. The van der Waals surface area contributed by atoms with Crippen molar-refractivity contribution in [2.75, 3.05) is 44.7 Å². The molecule has 1 aliphatic rings. The highest BCUT2D eigenvalue weighted by Crippen LogP contribution is 2.34. The second kappa shape index (κ2) is 7.61. The van der Waals surface area contributed by atoms with E-state index in [1.54, 1.807) is 0 Å². The number of nitrogens with zero attached hydrogens (tertiary/aromatic N) is 3. The van der Waals surface area contributed by atoms with Crippen LogP contribution in [0.25, 0.3) is 0 Å². The Labute approximate surface area is 139 Å². The smallest absolute Gasteiger partial charge is 0.339 e. The van der Waals surface area contributed by atoms with Gasteiger partial charge in [0.25, 0.3) is 5.69 Å². The average Bonchev–Trinajstić information content (AvgIpc) is 2.79. The Morgan fingerprint density at radius 1 is 1.35 bits per heavy atom. The molecule has 0 aliphatic carbocycles. The Kier molecular flexibility index (Phi) is 5.79. The largest absolute Gasteiger partial charge is 0.465 e. The molecular weight excluding hydrogens is 322 g/mol. The molecule has 0 unspecified atom stereocenters. The van der Waals surface area contributed by atoms with E-state index in [-0.39, 0.29) is 16.3 Å². The number of hydrogen-bond donors (Lipinski definition) is 0. The molecule has 7 nitrogen and oxygen atoms in total. The number of carbonyl (C=O) groups excluding carboxylic acids is 1. The number of benzene rings is 1. The van der Waals surface area contributed by atoms with Crippen LogP contribution in [0, 0.1) is 10.1 Å². The summed E-state index contributed by atoms with van der Waals surface area (Å²) in [6, 6.07) is 2.69. The van der Waals surface area contributed by atoms with Crippen molar-refractivity contribution in [3.8, 4) is 0 Å². The van der Waals surface area contributed by atoms with Gasteiger partial charge in [0.2, 0.25) is 0 Å². The lowest BCUT2D eigenvalue weighted by atomic mass is 10.1. The number of nitro benzene ring substituents is 1. The molecule has 0 spiro atoms. The molecule has 0 radical (unpaired) electrons. The minimum Gasteiger partial charge on any atom is -0.465 e. The van der Waals surface area contributed by atoms with Crippen LogP contribution in [-0.2, 0) is 4.74 Å². The minimum atomic E-state index is -0.683. The van der Waals surface area contributed by atoms with E-state index in [9.17, 15) is 14.9 Å². The summed E-state index contributed by atoms with van der Waals surface area (Å²) in [6.07, 6.45) is 0.918. The fourth-order valence-electron chi connectivity index (χ4n) is 2.75. The topological polar surface area (TPSA) is 75.9 Å². The number of likely N-dealkylation sites (N-methyl/N-ethyl adjacent to an activating group) is 1. The van der Waals surface area contributed by atoms with Gasteiger partial charge in [-0.15, -0.1) is 0 Å². The first-order valence-corrected chi connectivity index (χ1v) is 7.89. The van der Waals surface area contributed by atoms with Crippen LogP contribution in [0.15, 0.2) is 12.1 Å². The van der Waals surface area contributed by atoms with Gasteiger partial charge < -0.3 is 14.5 Å². The minimum absolute atomic E-state index is 0.00891. The van der Waals surface area contributed by atoms with Crippen molar-refractivity contribution < 1.29 is 14.5 Å². The summed E-state index contributed by atoms with van der Waals surface area (Å²) < 4.78 is 4.62. The average molecular weight is 342 g/mol. The van der Waals surface area contributed by atoms with Crippen LogP contribution < -0.4 is 4.90 Å². The molecule has 23 heavy (non-hydrogen) atoms. The predicted octanol–water partition coefficient (Wildman–Crippen LogP) is 2.57. The summed E-state index contributed by atoms with van der Waals surface area (Å²) >= 11 is 6.14. The number of ether oxygens (including phenoxy) is 1. The van der Waals surface area contributed by atoms with Crippen molar-refractivity contribution in [1.29, 1.82) is 0 Å². The predicted molar refractivity (Wildman–Crippen MR) is 88.4 cm³/mol. The highest BCUT2D eigenvalue weighted by atomic mass is 35.5. The van der Waals surface area contributed by atoms with E-state index in [4.69, 9.17) is 11.6 Å². The summed E-state index contributed by atoms with van der Waals surface area (Å²) in [5, 5.41) is 11.6. The maximum Gasteiger partial charge on any atom is 0.339 e. The van der Waals surface area contributed by atoms with Gasteiger partial charge in [-0.1, -0.05) is 18.5 Å². The van der Waals surface area contributed by atoms with Gasteiger partial charge in [-0.2, -0.15) is 0 Å².